The van der Waals surface area contributed by atoms with Crippen LogP contribution in [0.5, 0.6) is 0 Å². The number of amides is 1. The summed E-state index contributed by atoms with van der Waals surface area (Å²) in [6.07, 6.45) is 1.50. The molecule has 0 saturated carbocycles. The van der Waals surface area contributed by atoms with E-state index in [-0.39, 0.29) is 11.0 Å². The van der Waals surface area contributed by atoms with Crippen LogP contribution in [0, 0.1) is 11.6 Å². The summed E-state index contributed by atoms with van der Waals surface area (Å²) in [5, 5.41) is 2.91. The van der Waals surface area contributed by atoms with Crippen molar-refractivity contribution in [3.05, 3.63) is 47.7 Å². The lowest BCUT2D eigenvalue weighted by Crippen LogP contribution is -2.23. The number of carbonyl (C=O) groups excluding carboxylic acids is 1. The predicted octanol–water partition coefficient (Wildman–Crippen LogP) is 4.07. The molecule has 3 aromatic rings. The van der Waals surface area contributed by atoms with Crippen LogP contribution in [0.3, 0.4) is 0 Å². The molecule has 1 N–H and O–H groups in total. The Hall–Kier alpha value is -2.61. The fourth-order valence-corrected chi connectivity index (χ4v) is 3.27. The predicted molar refractivity (Wildman–Crippen MR) is 95.3 cm³/mol. The molecule has 2 aromatic heterocycles. The number of thiazole rings is 1. The second kappa shape index (κ2) is 7.10. The van der Waals surface area contributed by atoms with Crippen LogP contribution >= 0.6 is 11.3 Å². The van der Waals surface area contributed by atoms with E-state index < -0.39 is 11.6 Å². The van der Waals surface area contributed by atoms with Crippen LogP contribution < -0.4 is 10.2 Å². The van der Waals surface area contributed by atoms with Crippen molar-refractivity contribution < 1.29 is 13.6 Å². The lowest BCUT2D eigenvalue weighted by Gasteiger charge is -2.19. The Kier molecular flexibility index (Phi) is 4.89. The van der Waals surface area contributed by atoms with Crippen LogP contribution in [0.2, 0.25) is 0 Å². The third-order valence-electron chi connectivity index (χ3n) is 3.75. The monoisotopic (exact) mass is 362 g/mol. The summed E-state index contributed by atoms with van der Waals surface area (Å²) < 4.78 is 27.0. The van der Waals surface area contributed by atoms with Gasteiger partial charge in [0.15, 0.2) is 16.8 Å². The number of rotatable bonds is 5. The van der Waals surface area contributed by atoms with Crippen molar-refractivity contribution in [2.24, 2.45) is 0 Å². The Bertz CT molecular complexity index is 868. The van der Waals surface area contributed by atoms with Crippen molar-refractivity contribution >= 4 is 38.4 Å². The van der Waals surface area contributed by atoms with Gasteiger partial charge in [0.05, 0.1) is 15.8 Å². The number of anilines is 2. The molecule has 0 unspecified atom stereocenters. The summed E-state index contributed by atoms with van der Waals surface area (Å²) in [5.41, 5.74) is 0.682. The van der Waals surface area contributed by atoms with Gasteiger partial charge in [-0.2, -0.15) is 0 Å². The van der Waals surface area contributed by atoms with Crippen LogP contribution in [-0.4, -0.2) is 29.0 Å². The molecule has 0 aliphatic heterocycles. The molecule has 130 valence electrons. The quantitative estimate of drug-likeness (QED) is 0.743. The molecule has 2 heterocycles. The van der Waals surface area contributed by atoms with Crippen LogP contribution in [0.1, 0.15) is 24.2 Å². The maximum absolute atomic E-state index is 13.3. The van der Waals surface area contributed by atoms with Gasteiger partial charge in [-0.3, -0.25) is 10.1 Å². The van der Waals surface area contributed by atoms with Gasteiger partial charge in [-0.15, -0.1) is 0 Å². The molecule has 25 heavy (non-hydrogen) atoms. The molecule has 0 bridgehead atoms. The number of fused-ring (bicyclic) bond motifs is 1. The summed E-state index contributed by atoms with van der Waals surface area (Å²) in [5.74, 6) is -1.48. The minimum atomic E-state index is -0.966. The number of hydrogen-bond donors (Lipinski definition) is 1. The van der Waals surface area contributed by atoms with Crippen LogP contribution in [-0.2, 0) is 0 Å². The first-order valence-electron chi connectivity index (χ1n) is 7.79. The van der Waals surface area contributed by atoms with Crippen molar-refractivity contribution in [3.63, 3.8) is 0 Å². The first-order valence-corrected chi connectivity index (χ1v) is 8.61. The third kappa shape index (κ3) is 3.58. The molecular weight excluding hydrogens is 346 g/mol. The third-order valence-corrected chi connectivity index (χ3v) is 4.68. The van der Waals surface area contributed by atoms with E-state index in [0.717, 1.165) is 42.4 Å². The number of hydrogen-bond acceptors (Lipinski definition) is 5. The second-order valence-electron chi connectivity index (χ2n) is 5.28. The normalized spacial score (nSPS) is 10.9. The average molecular weight is 362 g/mol. The number of carbonyl (C=O) groups is 1. The molecule has 0 saturated heterocycles. The van der Waals surface area contributed by atoms with E-state index >= 15 is 0 Å². The zero-order valence-electron chi connectivity index (χ0n) is 13.7. The van der Waals surface area contributed by atoms with E-state index in [4.69, 9.17) is 0 Å². The topological polar surface area (TPSA) is 58.1 Å². The van der Waals surface area contributed by atoms with Gasteiger partial charge < -0.3 is 4.90 Å². The van der Waals surface area contributed by atoms with Crippen LogP contribution in [0.4, 0.5) is 19.7 Å². The number of nitrogens with one attached hydrogen (secondary N) is 1. The molecule has 5 nitrogen and oxygen atoms in total. The number of pyridine rings is 1. The van der Waals surface area contributed by atoms with E-state index in [1.165, 1.54) is 6.20 Å². The minimum Gasteiger partial charge on any atom is -0.357 e. The highest BCUT2D eigenvalue weighted by Gasteiger charge is 2.13. The highest BCUT2D eigenvalue weighted by Crippen LogP contribution is 2.28. The fraction of sp³-hybridized carbons (Fsp3) is 0.235. The first kappa shape index (κ1) is 17.2. The minimum absolute atomic E-state index is 0.276. The Morgan fingerprint density at radius 2 is 1.92 bits per heavy atom. The second-order valence-corrected chi connectivity index (χ2v) is 6.32. The summed E-state index contributed by atoms with van der Waals surface area (Å²) in [7, 11) is 0. The Labute approximate surface area is 147 Å². The van der Waals surface area contributed by atoms with Crippen LogP contribution in [0.15, 0.2) is 30.5 Å². The van der Waals surface area contributed by atoms with E-state index in [9.17, 15) is 13.6 Å². The Morgan fingerprint density at radius 3 is 2.56 bits per heavy atom. The van der Waals surface area contributed by atoms with Gasteiger partial charge in [-0.1, -0.05) is 11.3 Å². The average Bonchev–Trinajstić information content (AvgIpc) is 2.98. The van der Waals surface area contributed by atoms with Gasteiger partial charge in [0, 0.05) is 25.4 Å². The molecular formula is C17H16F2N4OS. The van der Waals surface area contributed by atoms with Crippen molar-refractivity contribution in [2.75, 3.05) is 23.3 Å². The Balaban J connectivity index is 1.78. The zero-order chi connectivity index (χ0) is 18.0. The molecule has 0 radical (unpaired) electrons. The number of benzene rings is 1. The zero-order valence-corrected chi connectivity index (χ0v) is 14.5. The number of nitrogens with zero attached hydrogens (tertiary/aromatic N) is 3. The fourth-order valence-electron chi connectivity index (χ4n) is 2.40. The van der Waals surface area contributed by atoms with E-state index in [1.54, 1.807) is 12.1 Å². The molecule has 0 aliphatic carbocycles. The molecule has 1 aromatic carbocycles. The molecule has 0 spiro atoms. The summed E-state index contributed by atoms with van der Waals surface area (Å²) >= 11 is 1.08. The van der Waals surface area contributed by atoms with Gasteiger partial charge in [0.25, 0.3) is 5.91 Å². The highest BCUT2D eigenvalue weighted by molar-refractivity contribution is 7.22. The maximum Gasteiger partial charge on any atom is 0.259 e. The van der Waals surface area contributed by atoms with Gasteiger partial charge in [0.1, 0.15) is 5.82 Å². The lowest BCUT2D eigenvalue weighted by molar-refractivity contribution is 0.102. The molecule has 3 rings (SSSR count). The molecule has 8 heteroatoms. The van der Waals surface area contributed by atoms with Crippen LogP contribution in [0.25, 0.3) is 10.2 Å². The smallest absolute Gasteiger partial charge is 0.259 e. The van der Waals surface area contributed by atoms with Crippen molar-refractivity contribution in [1.82, 2.24) is 9.97 Å². The molecule has 0 atom stereocenters. The molecule has 0 fully saturated rings. The van der Waals surface area contributed by atoms with Crippen molar-refractivity contribution in [3.8, 4) is 0 Å². The standard InChI is InChI=1S/C17H16F2N4OS/c1-3-23(4-2)15-6-5-10(9-20-15)16(24)22-17-21-13-7-11(18)12(19)8-14(13)25-17/h5-9H,3-4H2,1-2H3,(H,21,22,24). The molecule has 0 aliphatic rings. The lowest BCUT2D eigenvalue weighted by atomic mass is 10.2. The maximum atomic E-state index is 13.3. The van der Waals surface area contributed by atoms with Gasteiger partial charge in [-0.25, -0.2) is 18.7 Å². The molecule has 1 amide bonds. The van der Waals surface area contributed by atoms with Gasteiger partial charge in [0.2, 0.25) is 0 Å². The number of aromatic nitrogens is 2. The van der Waals surface area contributed by atoms with E-state index in [1.807, 2.05) is 13.8 Å². The van der Waals surface area contributed by atoms with E-state index in [2.05, 4.69) is 20.2 Å². The Morgan fingerprint density at radius 1 is 1.20 bits per heavy atom. The number of halogens is 2. The summed E-state index contributed by atoms with van der Waals surface area (Å²) in [6.45, 7) is 5.72. The largest absolute Gasteiger partial charge is 0.357 e. The van der Waals surface area contributed by atoms with E-state index in [0.29, 0.717) is 15.8 Å². The summed E-state index contributed by atoms with van der Waals surface area (Å²) in [6, 6.07) is 5.54. The SMILES string of the molecule is CCN(CC)c1ccc(C(=O)Nc2nc3cc(F)c(F)cc3s2)cn1. The van der Waals surface area contributed by atoms with Crippen molar-refractivity contribution in [2.45, 2.75) is 13.8 Å². The van der Waals surface area contributed by atoms with Gasteiger partial charge in [-0.05, 0) is 32.0 Å². The highest BCUT2D eigenvalue weighted by atomic mass is 32.1. The van der Waals surface area contributed by atoms with Crippen molar-refractivity contribution in [1.29, 1.82) is 0 Å². The van der Waals surface area contributed by atoms with Gasteiger partial charge >= 0.3 is 0 Å². The first-order chi connectivity index (χ1) is 12.0. The summed E-state index contributed by atoms with van der Waals surface area (Å²) in [4.78, 5) is 22.8.